The molecule has 0 spiro atoms. The van der Waals surface area contributed by atoms with E-state index in [2.05, 4.69) is 0 Å². The molecule has 0 aromatic heterocycles. The van der Waals surface area contributed by atoms with Gasteiger partial charge in [0.15, 0.2) is 0 Å². The van der Waals surface area contributed by atoms with Crippen molar-refractivity contribution in [2.75, 3.05) is 6.61 Å². The second-order valence-corrected chi connectivity index (χ2v) is 3.94. The molecule has 1 aromatic carbocycles. The minimum atomic E-state index is -1.12. The second-order valence-electron chi connectivity index (χ2n) is 3.94. The maximum Gasteiger partial charge on any atom is 0.326 e. The van der Waals surface area contributed by atoms with E-state index in [0.717, 1.165) is 0 Å². The van der Waals surface area contributed by atoms with Crippen molar-refractivity contribution in [3.8, 4) is 0 Å². The molecular formula is C12H16FNO2. The topological polar surface area (TPSA) is 52.3 Å². The maximum absolute atomic E-state index is 12.9. The minimum Gasteiger partial charge on any atom is -0.465 e. The lowest BCUT2D eigenvalue weighted by Gasteiger charge is -2.22. The summed E-state index contributed by atoms with van der Waals surface area (Å²) in [6.07, 6.45) is 0.254. The van der Waals surface area contributed by atoms with Gasteiger partial charge in [0.2, 0.25) is 0 Å². The van der Waals surface area contributed by atoms with Gasteiger partial charge in [-0.15, -0.1) is 0 Å². The molecule has 1 atom stereocenters. The van der Waals surface area contributed by atoms with E-state index in [-0.39, 0.29) is 18.8 Å². The molecule has 2 N–H and O–H groups in total. The van der Waals surface area contributed by atoms with E-state index >= 15 is 0 Å². The number of halogens is 1. The number of carbonyl (C=O) groups excluding carboxylic acids is 1. The number of hydrogen-bond acceptors (Lipinski definition) is 3. The molecule has 0 bridgehead atoms. The van der Waals surface area contributed by atoms with Crippen LogP contribution in [-0.2, 0) is 16.0 Å². The Hall–Kier alpha value is -1.42. The number of carbonyl (C=O) groups is 1. The summed E-state index contributed by atoms with van der Waals surface area (Å²) in [6, 6.07) is 6.03. The third-order valence-corrected chi connectivity index (χ3v) is 2.20. The predicted molar refractivity (Wildman–Crippen MR) is 59.3 cm³/mol. The highest BCUT2D eigenvalue weighted by atomic mass is 19.1. The maximum atomic E-state index is 12.9. The van der Waals surface area contributed by atoms with Crippen LogP contribution in [0.4, 0.5) is 4.39 Å². The van der Waals surface area contributed by atoms with Crippen molar-refractivity contribution in [1.29, 1.82) is 0 Å². The first-order valence-corrected chi connectivity index (χ1v) is 5.16. The number of esters is 1. The van der Waals surface area contributed by atoms with Crippen LogP contribution in [0.15, 0.2) is 24.3 Å². The third kappa shape index (κ3) is 3.31. The molecule has 0 amide bonds. The van der Waals surface area contributed by atoms with Gasteiger partial charge in [0.25, 0.3) is 0 Å². The molecule has 88 valence electrons. The Morgan fingerprint density at radius 1 is 1.56 bits per heavy atom. The van der Waals surface area contributed by atoms with Crippen LogP contribution in [0.5, 0.6) is 0 Å². The molecule has 1 rings (SSSR count). The van der Waals surface area contributed by atoms with Gasteiger partial charge in [0.05, 0.1) is 6.61 Å². The van der Waals surface area contributed by atoms with E-state index in [1.165, 1.54) is 12.1 Å². The fourth-order valence-electron chi connectivity index (χ4n) is 1.44. The number of benzene rings is 1. The molecule has 0 aliphatic heterocycles. The quantitative estimate of drug-likeness (QED) is 0.793. The van der Waals surface area contributed by atoms with Crippen molar-refractivity contribution in [1.82, 2.24) is 0 Å². The normalized spacial score (nSPS) is 14.2. The van der Waals surface area contributed by atoms with E-state index < -0.39 is 11.5 Å². The number of nitrogens with two attached hydrogens (primary N) is 1. The lowest BCUT2D eigenvalue weighted by Crippen LogP contribution is -2.48. The summed E-state index contributed by atoms with van der Waals surface area (Å²) in [4.78, 5) is 11.5. The van der Waals surface area contributed by atoms with Crippen molar-refractivity contribution >= 4 is 5.97 Å². The smallest absolute Gasteiger partial charge is 0.326 e. The van der Waals surface area contributed by atoms with E-state index in [0.29, 0.717) is 5.56 Å². The largest absolute Gasteiger partial charge is 0.465 e. The van der Waals surface area contributed by atoms with Crippen molar-refractivity contribution in [3.05, 3.63) is 35.6 Å². The highest BCUT2D eigenvalue weighted by Gasteiger charge is 2.30. The van der Waals surface area contributed by atoms with Gasteiger partial charge in [-0.3, -0.25) is 4.79 Å². The van der Waals surface area contributed by atoms with Crippen molar-refractivity contribution < 1.29 is 13.9 Å². The van der Waals surface area contributed by atoms with Crippen LogP contribution in [-0.4, -0.2) is 18.1 Å². The summed E-state index contributed by atoms with van der Waals surface area (Å²) in [7, 11) is 0. The zero-order valence-corrected chi connectivity index (χ0v) is 9.50. The van der Waals surface area contributed by atoms with Gasteiger partial charge in [-0.1, -0.05) is 12.1 Å². The highest BCUT2D eigenvalue weighted by molar-refractivity contribution is 5.80. The van der Waals surface area contributed by atoms with Crippen LogP contribution in [0.2, 0.25) is 0 Å². The molecule has 0 heterocycles. The summed E-state index contributed by atoms with van der Waals surface area (Å²) in [5.74, 6) is -0.809. The molecule has 0 aliphatic rings. The van der Waals surface area contributed by atoms with Crippen LogP contribution in [0.1, 0.15) is 19.4 Å². The first-order valence-electron chi connectivity index (χ1n) is 5.16. The lowest BCUT2D eigenvalue weighted by atomic mass is 9.94. The Kier molecular flexibility index (Phi) is 4.01. The molecule has 0 saturated carbocycles. The van der Waals surface area contributed by atoms with Gasteiger partial charge < -0.3 is 10.5 Å². The monoisotopic (exact) mass is 225 g/mol. The molecule has 0 radical (unpaired) electrons. The molecular weight excluding hydrogens is 209 g/mol. The van der Waals surface area contributed by atoms with Crippen LogP contribution < -0.4 is 5.73 Å². The molecule has 1 unspecified atom stereocenters. The van der Waals surface area contributed by atoms with E-state index in [1.54, 1.807) is 26.0 Å². The summed E-state index contributed by atoms with van der Waals surface area (Å²) in [5.41, 5.74) is 5.39. The number of rotatable bonds is 4. The van der Waals surface area contributed by atoms with Crippen molar-refractivity contribution in [3.63, 3.8) is 0 Å². The van der Waals surface area contributed by atoms with Crippen molar-refractivity contribution in [2.24, 2.45) is 5.73 Å². The summed E-state index contributed by atoms with van der Waals surface area (Å²) in [6.45, 7) is 3.58. The van der Waals surface area contributed by atoms with Gasteiger partial charge in [0, 0.05) is 6.42 Å². The van der Waals surface area contributed by atoms with E-state index in [4.69, 9.17) is 10.5 Å². The van der Waals surface area contributed by atoms with Crippen molar-refractivity contribution in [2.45, 2.75) is 25.8 Å². The van der Waals surface area contributed by atoms with Gasteiger partial charge >= 0.3 is 5.97 Å². The average molecular weight is 225 g/mol. The Bertz CT molecular complexity index is 377. The third-order valence-electron chi connectivity index (χ3n) is 2.20. The fourth-order valence-corrected chi connectivity index (χ4v) is 1.44. The van der Waals surface area contributed by atoms with Crippen LogP contribution in [0, 0.1) is 5.82 Å². The molecule has 3 nitrogen and oxygen atoms in total. The van der Waals surface area contributed by atoms with Crippen LogP contribution in [0.25, 0.3) is 0 Å². The number of hydrogen-bond donors (Lipinski definition) is 1. The van der Waals surface area contributed by atoms with E-state index in [9.17, 15) is 9.18 Å². The van der Waals surface area contributed by atoms with E-state index in [1.807, 2.05) is 0 Å². The highest BCUT2D eigenvalue weighted by Crippen LogP contribution is 2.13. The van der Waals surface area contributed by atoms with Gasteiger partial charge in [0.1, 0.15) is 11.4 Å². The SMILES string of the molecule is CCOC(=O)C(C)(N)Cc1cccc(F)c1. The zero-order valence-electron chi connectivity index (χ0n) is 9.50. The summed E-state index contributed by atoms with van der Waals surface area (Å²) >= 11 is 0. The fraction of sp³-hybridized carbons (Fsp3) is 0.417. The van der Waals surface area contributed by atoms with Gasteiger partial charge in [-0.05, 0) is 31.5 Å². The van der Waals surface area contributed by atoms with Crippen LogP contribution in [0.3, 0.4) is 0 Å². The average Bonchev–Trinajstić information content (AvgIpc) is 2.17. The molecule has 0 aliphatic carbocycles. The Morgan fingerprint density at radius 3 is 2.81 bits per heavy atom. The predicted octanol–water partition coefficient (Wildman–Crippen LogP) is 1.65. The number of ether oxygens (including phenoxy) is 1. The van der Waals surface area contributed by atoms with Gasteiger partial charge in [-0.25, -0.2) is 4.39 Å². The summed E-state index contributed by atoms with van der Waals surface area (Å²) < 4.78 is 17.8. The lowest BCUT2D eigenvalue weighted by molar-refractivity contribution is -0.148. The Labute approximate surface area is 94.4 Å². The molecule has 0 saturated heterocycles. The molecule has 1 aromatic rings. The molecule has 4 heteroatoms. The zero-order chi connectivity index (χ0) is 12.2. The first-order chi connectivity index (χ1) is 7.45. The minimum absolute atomic E-state index is 0.254. The molecule has 16 heavy (non-hydrogen) atoms. The molecule has 0 fully saturated rings. The Balaban J connectivity index is 2.75. The standard InChI is InChI=1S/C12H16FNO2/c1-3-16-11(15)12(2,14)8-9-5-4-6-10(13)7-9/h4-7H,3,8,14H2,1-2H3. The van der Waals surface area contributed by atoms with Crippen LogP contribution >= 0.6 is 0 Å². The van der Waals surface area contributed by atoms with Gasteiger partial charge in [-0.2, -0.15) is 0 Å². The Morgan fingerprint density at radius 2 is 2.25 bits per heavy atom. The first kappa shape index (κ1) is 12.6. The second kappa shape index (κ2) is 5.07. The summed E-state index contributed by atoms with van der Waals surface area (Å²) in [5, 5.41) is 0.